The second-order valence-electron chi connectivity index (χ2n) is 7.59. The van der Waals surface area contributed by atoms with Gasteiger partial charge in [-0.3, -0.25) is 4.79 Å². The lowest BCUT2D eigenvalue weighted by atomic mass is 9.96. The monoisotopic (exact) mass is 469 g/mol. The van der Waals surface area contributed by atoms with Crippen LogP contribution in [0.4, 0.5) is 5.82 Å². The van der Waals surface area contributed by atoms with Crippen LogP contribution in [0.15, 0.2) is 53.4 Å². The standard InChI is InChI=1S/C22H20ClN5O3S/c23-15-5-7-16(8-6-15)32(30,31)19(13-24)20-22(27-18-4-2-1-3-17(18)26-20)28-11-9-14(10-12-28)21(25)29/h1-8,14,19H,9-12H2,(H2,25,29). The highest BCUT2D eigenvalue weighted by atomic mass is 35.5. The Hall–Kier alpha value is -3.22. The van der Waals surface area contributed by atoms with Gasteiger partial charge < -0.3 is 10.6 Å². The fourth-order valence-corrected chi connectivity index (χ4v) is 5.33. The molecule has 2 aromatic carbocycles. The first kappa shape index (κ1) is 22.0. The number of nitrogens with zero attached hydrogens (tertiary/aromatic N) is 4. The first-order chi connectivity index (χ1) is 15.3. The Bertz CT molecular complexity index is 1310. The summed E-state index contributed by atoms with van der Waals surface area (Å²) < 4.78 is 26.7. The summed E-state index contributed by atoms with van der Waals surface area (Å²) in [6.45, 7) is 0.902. The van der Waals surface area contributed by atoms with Gasteiger partial charge in [0.15, 0.2) is 11.1 Å². The van der Waals surface area contributed by atoms with Crippen LogP contribution in [0.2, 0.25) is 5.02 Å². The Morgan fingerprint density at radius 1 is 1.09 bits per heavy atom. The number of hydrogen-bond acceptors (Lipinski definition) is 7. The van der Waals surface area contributed by atoms with Crippen molar-refractivity contribution < 1.29 is 13.2 Å². The van der Waals surface area contributed by atoms with E-state index in [-0.39, 0.29) is 22.4 Å². The van der Waals surface area contributed by atoms with E-state index in [0.717, 1.165) is 0 Å². The van der Waals surface area contributed by atoms with E-state index in [1.165, 1.54) is 24.3 Å². The molecule has 0 saturated carbocycles. The lowest BCUT2D eigenvalue weighted by molar-refractivity contribution is -0.122. The summed E-state index contributed by atoms with van der Waals surface area (Å²) in [6.07, 6.45) is 1.04. The minimum atomic E-state index is -4.10. The predicted molar refractivity (Wildman–Crippen MR) is 121 cm³/mol. The van der Waals surface area contributed by atoms with Gasteiger partial charge in [0.05, 0.1) is 22.0 Å². The predicted octanol–water partition coefficient (Wildman–Crippen LogP) is 3.02. The number of piperidine rings is 1. The molecule has 2 heterocycles. The zero-order valence-electron chi connectivity index (χ0n) is 17.0. The number of para-hydroxylation sites is 2. The third kappa shape index (κ3) is 4.11. The summed E-state index contributed by atoms with van der Waals surface area (Å²) in [5.74, 6) is -0.266. The molecule has 1 aromatic heterocycles. The molecule has 1 saturated heterocycles. The summed E-state index contributed by atoms with van der Waals surface area (Å²) in [4.78, 5) is 22.6. The van der Waals surface area contributed by atoms with E-state index >= 15 is 0 Å². The lowest BCUT2D eigenvalue weighted by Crippen LogP contribution is -2.39. The van der Waals surface area contributed by atoms with Gasteiger partial charge in [0, 0.05) is 24.0 Å². The maximum atomic E-state index is 13.4. The molecule has 1 amide bonds. The summed E-state index contributed by atoms with van der Waals surface area (Å²) in [7, 11) is -4.10. The third-order valence-corrected chi connectivity index (χ3v) is 7.72. The quantitative estimate of drug-likeness (QED) is 0.607. The molecule has 1 aliphatic heterocycles. The van der Waals surface area contributed by atoms with Crippen molar-refractivity contribution in [3.8, 4) is 6.07 Å². The highest BCUT2D eigenvalue weighted by Gasteiger charge is 2.36. The van der Waals surface area contributed by atoms with Crippen LogP contribution in [0.1, 0.15) is 23.8 Å². The van der Waals surface area contributed by atoms with Crippen molar-refractivity contribution in [2.45, 2.75) is 23.0 Å². The Labute approximate surface area is 190 Å². The number of fused-ring (bicyclic) bond motifs is 1. The Balaban J connectivity index is 1.83. The number of aromatic nitrogens is 2. The van der Waals surface area contributed by atoms with Gasteiger partial charge in [-0.15, -0.1) is 0 Å². The SMILES string of the molecule is N#CC(c1nc2ccccc2nc1N1CCC(C(N)=O)CC1)S(=O)(=O)c1ccc(Cl)cc1. The number of hydrogen-bond donors (Lipinski definition) is 1. The van der Waals surface area contributed by atoms with Gasteiger partial charge in [0.2, 0.25) is 15.7 Å². The first-order valence-corrected chi connectivity index (χ1v) is 11.9. The minimum Gasteiger partial charge on any atom is -0.369 e. The molecule has 10 heteroatoms. The molecule has 0 bridgehead atoms. The molecule has 0 spiro atoms. The fourth-order valence-electron chi connectivity index (χ4n) is 3.83. The number of carbonyl (C=O) groups excluding carboxylic acids is 1. The number of halogens is 1. The molecule has 2 N–H and O–H groups in total. The average molecular weight is 470 g/mol. The van der Waals surface area contributed by atoms with E-state index in [1.54, 1.807) is 18.2 Å². The van der Waals surface area contributed by atoms with Crippen LogP contribution < -0.4 is 10.6 Å². The molecule has 1 unspecified atom stereocenters. The summed E-state index contributed by atoms with van der Waals surface area (Å²) in [6, 6.07) is 14.7. The van der Waals surface area contributed by atoms with Crippen molar-refractivity contribution >= 4 is 44.2 Å². The normalized spacial score (nSPS) is 15.9. The van der Waals surface area contributed by atoms with E-state index < -0.39 is 15.1 Å². The first-order valence-electron chi connectivity index (χ1n) is 10.0. The number of carbonyl (C=O) groups is 1. The van der Waals surface area contributed by atoms with Crippen LogP contribution in [-0.2, 0) is 14.6 Å². The molecule has 8 nitrogen and oxygen atoms in total. The molecule has 1 fully saturated rings. The Kier molecular flexibility index (Phi) is 6.00. The number of amides is 1. The third-order valence-electron chi connectivity index (χ3n) is 5.59. The number of primary amides is 1. The number of nitrogens with two attached hydrogens (primary N) is 1. The van der Waals surface area contributed by atoms with Gasteiger partial charge in [0.1, 0.15) is 5.69 Å². The van der Waals surface area contributed by atoms with E-state index in [9.17, 15) is 18.5 Å². The summed E-state index contributed by atoms with van der Waals surface area (Å²) in [5, 5.41) is 8.76. The van der Waals surface area contributed by atoms with Crippen molar-refractivity contribution in [3.05, 3.63) is 59.2 Å². The Morgan fingerprint density at radius 2 is 1.69 bits per heavy atom. The number of benzene rings is 2. The molecule has 4 rings (SSSR count). The molecule has 1 aliphatic rings. The number of nitriles is 1. The highest BCUT2D eigenvalue weighted by molar-refractivity contribution is 7.92. The largest absolute Gasteiger partial charge is 0.369 e. The van der Waals surface area contributed by atoms with Gasteiger partial charge in [-0.1, -0.05) is 23.7 Å². The van der Waals surface area contributed by atoms with Crippen LogP contribution in [0.3, 0.4) is 0 Å². The second kappa shape index (κ2) is 8.73. The second-order valence-corrected chi connectivity index (χ2v) is 10.1. The molecular formula is C22H20ClN5O3S. The summed E-state index contributed by atoms with van der Waals surface area (Å²) >= 11 is 5.90. The van der Waals surface area contributed by atoms with Gasteiger partial charge in [-0.25, -0.2) is 18.4 Å². The number of anilines is 1. The number of sulfone groups is 1. The fraction of sp³-hybridized carbons (Fsp3) is 0.273. The van der Waals surface area contributed by atoms with Gasteiger partial charge >= 0.3 is 0 Å². The van der Waals surface area contributed by atoms with E-state index in [2.05, 4.69) is 9.97 Å². The van der Waals surface area contributed by atoms with Crippen molar-refractivity contribution in [1.82, 2.24) is 9.97 Å². The van der Waals surface area contributed by atoms with Crippen molar-refractivity contribution in [2.24, 2.45) is 11.7 Å². The van der Waals surface area contributed by atoms with Gasteiger partial charge in [0.25, 0.3) is 0 Å². The highest BCUT2D eigenvalue weighted by Crippen LogP contribution is 2.35. The molecule has 0 aliphatic carbocycles. The molecular weight excluding hydrogens is 450 g/mol. The van der Waals surface area contributed by atoms with Crippen LogP contribution in [-0.4, -0.2) is 37.4 Å². The van der Waals surface area contributed by atoms with Crippen LogP contribution in [0.25, 0.3) is 11.0 Å². The summed E-state index contributed by atoms with van der Waals surface area (Å²) in [5.41, 5.74) is 6.59. The van der Waals surface area contributed by atoms with Crippen LogP contribution in [0.5, 0.6) is 0 Å². The van der Waals surface area contributed by atoms with Gasteiger partial charge in [-0.2, -0.15) is 5.26 Å². The van der Waals surface area contributed by atoms with Gasteiger partial charge in [-0.05, 0) is 49.2 Å². The van der Waals surface area contributed by atoms with E-state index in [4.69, 9.17) is 17.3 Å². The topological polar surface area (TPSA) is 130 Å². The van der Waals surface area contributed by atoms with Crippen molar-refractivity contribution in [1.29, 1.82) is 5.26 Å². The molecule has 32 heavy (non-hydrogen) atoms. The van der Waals surface area contributed by atoms with E-state index in [1.807, 2.05) is 17.0 Å². The minimum absolute atomic E-state index is 0.0261. The smallest absolute Gasteiger partial charge is 0.220 e. The van der Waals surface area contributed by atoms with Crippen molar-refractivity contribution in [2.75, 3.05) is 18.0 Å². The molecule has 0 radical (unpaired) electrons. The lowest BCUT2D eigenvalue weighted by Gasteiger charge is -2.33. The van der Waals surface area contributed by atoms with Crippen LogP contribution >= 0.6 is 11.6 Å². The zero-order valence-corrected chi connectivity index (χ0v) is 18.6. The maximum Gasteiger partial charge on any atom is 0.220 e. The Morgan fingerprint density at radius 3 is 2.25 bits per heavy atom. The maximum absolute atomic E-state index is 13.4. The average Bonchev–Trinajstić information content (AvgIpc) is 2.79. The van der Waals surface area contributed by atoms with E-state index in [0.29, 0.717) is 47.8 Å². The zero-order chi connectivity index (χ0) is 22.9. The molecule has 3 aromatic rings. The molecule has 1 atom stereocenters. The number of rotatable bonds is 5. The van der Waals surface area contributed by atoms with Crippen LogP contribution in [0, 0.1) is 17.2 Å². The van der Waals surface area contributed by atoms with Crippen molar-refractivity contribution in [3.63, 3.8) is 0 Å². The molecule has 164 valence electrons.